The first kappa shape index (κ1) is 13.5. The quantitative estimate of drug-likeness (QED) is 0.731. The lowest BCUT2D eigenvalue weighted by Gasteiger charge is -2.27. The van der Waals surface area contributed by atoms with Crippen molar-refractivity contribution in [2.75, 3.05) is 0 Å². The second-order valence-electron chi connectivity index (χ2n) is 3.38. The molecule has 0 saturated carbocycles. The fourth-order valence-electron chi connectivity index (χ4n) is 0.798. The molecule has 0 amide bonds. The molecule has 0 radical (unpaired) electrons. The fourth-order valence-corrected chi connectivity index (χ4v) is 0.798. The number of halogens is 6. The Morgan fingerprint density at radius 1 is 0.929 bits per heavy atom. The molecule has 2 N–H and O–H groups in total. The van der Waals surface area contributed by atoms with Crippen molar-refractivity contribution in [2.45, 2.75) is 44.1 Å². The molecule has 0 fully saturated rings. The van der Waals surface area contributed by atoms with E-state index in [0.29, 0.717) is 6.92 Å². The van der Waals surface area contributed by atoms with Crippen LogP contribution in [0.4, 0.5) is 26.3 Å². The van der Waals surface area contributed by atoms with Crippen LogP contribution < -0.4 is 5.73 Å². The highest BCUT2D eigenvalue weighted by molar-refractivity contribution is 4.86. The van der Waals surface area contributed by atoms with Crippen LogP contribution in [0.5, 0.6) is 0 Å². The molecule has 1 unspecified atom stereocenters. The largest absolute Gasteiger partial charge is 0.406 e. The Bertz CT molecular complexity index is 180. The number of rotatable bonds is 3. The van der Waals surface area contributed by atoms with Crippen molar-refractivity contribution in [3.05, 3.63) is 0 Å². The molecule has 0 aromatic heterocycles. The lowest BCUT2D eigenvalue weighted by Crippen LogP contribution is -2.50. The van der Waals surface area contributed by atoms with E-state index in [2.05, 4.69) is 0 Å². The van der Waals surface area contributed by atoms with E-state index in [1.165, 1.54) is 0 Å². The van der Waals surface area contributed by atoms with Crippen molar-refractivity contribution < 1.29 is 26.3 Å². The maximum Gasteiger partial charge on any atom is 0.406 e. The van der Waals surface area contributed by atoms with Gasteiger partial charge in [0.25, 0.3) is 0 Å². The molecule has 1 nitrogen and oxygen atoms in total. The molecule has 1 atom stereocenters. The predicted molar refractivity (Wildman–Crippen MR) is 38.6 cm³/mol. The summed E-state index contributed by atoms with van der Waals surface area (Å²) in [7, 11) is 0. The first-order valence-corrected chi connectivity index (χ1v) is 3.88. The van der Waals surface area contributed by atoms with Crippen LogP contribution in [0.25, 0.3) is 0 Å². The summed E-state index contributed by atoms with van der Waals surface area (Å²) in [5.74, 6) is 0. The molecule has 0 aromatic carbocycles. The first-order chi connectivity index (χ1) is 5.96. The van der Waals surface area contributed by atoms with E-state index >= 15 is 0 Å². The second-order valence-corrected chi connectivity index (χ2v) is 3.38. The summed E-state index contributed by atoms with van der Waals surface area (Å²) in [6.07, 6.45) is -11.7. The first-order valence-electron chi connectivity index (χ1n) is 3.88. The van der Waals surface area contributed by atoms with Crippen molar-refractivity contribution in [1.29, 1.82) is 0 Å². The Labute approximate surface area is 77.3 Å². The van der Waals surface area contributed by atoms with E-state index < -0.39 is 37.2 Å². The smallest absolute Gasteiger partial charge is 0.318 e. The Balaban J connectivity index is 4.02. The van der Waals surface area contributed by atoms with E-state index in [0.717, 1.165) is 0 Å². The summed E-state index contributed by atoms with van der Waals surface area (Å²) in [4.78, 5) is 0. The van der Waals surface area contributed by atoms with Crippen molar-refractivity contribution >= 4 is 0 Å². The molecule has 0 aromatic rings. The van der Waals surface area contributed by atoms with Crippen LogP contribution in [0.2, 0.25) is 0 Å². The second kappa shape index (κ2) is 3.96. The number of alkyl halides is 6. The molecule has 0 rings (SSSR count). The third-order valence-electron chi connectivity index (χ3n) is 1.80. The zero-order chi connectivity index (χ0) is 11.6. The van der Waals surface area contributed by atoms with Crippen LogP contribution >= 0.6 is 0 Å². The molecule has 14 heavy (non-hydrogen) atoms. The molecule has 0 saturated heterocycles. The fraction of sp³-hybridized carbons (Fsp3) is 1.00. The van der Waals surface area contributed by atoms with Gasteiger partial charge in [0.05, 0.1) is 0 Å². The van der Waals surface area contributed by atoms with Crippen LogP contribution in [0.3, 0.4) is 0 Å². The minimum Gasteiger partial charge on any atom is -0.318 e. The van der Waals surface area contributed by atoms with E-state index in [4.69, 9.17) is 5.73 Å². The van der Waals surface area contributed by atoms with Gasteiger partial charge in [-0.2, -0.15) is 26.3 Å². The van der Waals surface area contributed by atoms with Gasteiger partial charge >= 0.3 is 12.4 Å². The summed E-state index contributed by atoms with van der Waals surface area (Å²) in [6.45, 7) is 0.684. The summed E-state index contributed by atoms with van der Waals surface area (Å²) in [5, 5.41) is 0. The van der Waals surface area contributed by atoms with Gasteiger partial charge in [0.15, 0.2) is 0 Å². The standard InChI is InChI=1S/C7H11F6N/c1-5(14,7(11,12)13)3-2-4-6(8,9)10/h2-4,14H2,1H3. The Kier molecular flexibility index (Phi) is 3.83. The van der Waals surface area contributed by atoms with Gasteiger partial charge < -0.3 is 5.73 Å². The molecule has 0 heterocycles. The normalized spacial score (nSPS) is 18.0. The van der Waals surface area contributed by atoms with Crippen molar-refractivity contribution in [3.8, 4) is 0 Å². The Morgan fingerprint density at radius 2 is 1.36 bits per heavy atom. The minimum absolute atomic E-state index is 0.615. The van der Waals surface area contributed by atoms with Crippen LogP contribution in [0, 0.1) is 0 Å². The summed E-state index contributed by atoms with van der Waals surface area (Å²) in [6, 6.07) is 0. The van der Waals surface area contributed by atoms with Gasteiger partial charge in [0.1, 0.15) is 5.54 Å². The minimum atomic E-state index is -4.67. The number of nitrogens with two attached hydrogens (primary N) is 1. The van der Waals surface area contributed by atoms with Gasteiger partial charge in [-0.25, -0.2) is 0 Å². The zero-order valence-electron chi connectivity index (χ0n) is 7.47. The van der Waals surface area contributed by atoms with E-state index in [1.807, 2.05) is 0 Å². The summed E-state index contributed by atoms with van der Waals surface area (Å²) in [5.41, 5.74) is 2.29. The highest BCUT2D eigenvalue weighted by Crippen LogP contribution is 2.33. The molecule has 0 spiro atoms. The summed E-state index contributed by atoms with van der Waals surface area (Å²) < 4.78 is 71.0. The third-order valence-corrected chi connectivity index (χ3v) is 1.80. The number of hydrogen-bond acceptors (Lipinski definition) is 1. The zero-order valence-corrected chi connectivity index (χ0v) is 7.47. The Hall–Kier alpha value is -0.460. The van der Waals surface area contributed by atoms with E-state index in [-0.39, 0.29) is 0 Å². The van der Waals surface area contributed by atoms with Crippen molar-refractivity contribution in [1.82, 2.24) is 0 Å². The highest BCUT2D eigenvalue weighted by Gasteiger charge is 2.47. The molecule has 7 heteroatoms. The van der Waals surface area contributed by atoms with Crippen molar-refractivity contribution in [2.24, 2.45) is 5.73 Å². The van der Waals surface area contributed by atoms with E-state index in [1.54, 1.807) is 0 Å². The van der Waals surface area contributed by atoms with Gasteiger partial charge in [0.2, 0.25) is 0 Å². The predicted octanol–water partition coefficient (Wildman–Crippen LogP) is 3.00. The van der Waals surface area contributed by atoms with Crippen LogP contribution in [-0.2, 0) is 0 Å². The SMILES string of the molecule is CC(N)(CCCC(F)(F)F)C(F)(F)F. The molecule has 0 bridgehead atoms. The lowest BCUT2D eigenvalue weighted by atomic mass is 9.95. The molecule has 0 aliphatic carbocycles. The molecular weight excluding hydrogens is 212 g/mol. The number of hydrogen-bond donors (Lipinski definition) is 1. The van der Waals surface area contributed by atoms with Gasteiger partial charge in [-0.3, -0.25) is 0 Å². The van der Waals surface area contributed by atoms with Crippen molar-refractivity contribution in [3.63, 3.8) is 0 Å². The average Bonchev–Trinajstić information content (AvgIpc) is 1.80. The van der Waals surface area contributed by atoms with Gasteiger partial charge in [-0.15, -0.1) is 0 Å². The monoisotopic (exact) mass is 223 g/mol. The average molecular weight is 223 g/mol. The van der Waals surface area contributed by atoms with Gasteiger partial charge in [-0.05, 0) is 19.8 Å². The van der Waals surface area contributed by atoms with Gasteiger partial charge in [0, 0.05) is 6.42 Å². The third kappa shape index (κ3) is 4.69. The maximum absolute atomic E-state index is 12.0. The van der Waals surface area contributed by atoms with Gasteiger partial charge in [-0.1, -0.05) is 0 Å². The molecule has 86 valence electrons. The lowest BCUT2D eigenvalue weighted by molar-refractivity contribution is -0.186. The highest BCUT2D eigenvalue weighted by atomic mass is 19.4. The topological polar surface area (TPSA) is 26.0 Å². The van der Waals surface area contributed by atoms with Crippen LogP contribution in [-0.4, -0.2) is 17.9 Å². The molecule has 0 aliphatic rings. The summed E-state index contributed by atoms with van der Waals surface area (Å²) >= 11 is 0. The van der Waals surface area contributed by atoms with Crippen LogP contribution in [0.1, 0.15) is 26.2 Å². The van der Waals surface area contributed by atoms with Crippen LogP contribution in [0.15, 0.2) is 0 Å². The molecular formula is C7H11F6N. The maximum atomic E-state index is 12.0. The molecule has 0 aliphatic heterocycles. The van der Waals surface area contributed by atoms with E-state index in [9.17, 15) is 26.3 Å². The Morgan fingerprint density at radius 3 is 1.64 bits per heavy atom.